The second-order valence-electron chi connectivity index (χ2n) is 9.34. The first-order valence-corrected chi connectivity index (χ1v) is 13.9. The van der Waals surface area contributed by atoms with Crippen LogP contribution in [0.5, 0.6) is 0 Å². The van der Waals surface area contributed by atoms with E-state index in [2.05, 4.69) is 0 Å². The molecule has 0 aromatic carbocycles. The summed E-state index contributed by atoms with van der Waals surface area (Å²) >= 11 is 0. The molecule has 5 rings (SSSR count). The number of hydrogen-bond acceptors (Lipinski definition) is 0. The summed E-state index contributed by atoms with van der Waals surface area (Å²) in [5.74, 6) is 0. The molecular weight excluding hydrogens is 314 g/mol. The highest BCUT2D eigenvalue weighted by molar-refractivity contribution is 7.78. The Labute approximate surface area is 146 Å². The molecule has 5 aliphatic carbocycles. The second kappa shape index (κ2) is 6.54. The minimum atomic E-state index is 0.386. The Morgan fingerprint density at radius 2 is 0.739 bits per heavy atom. The molecule has 0 spiro atoms. The molecule has 0 saturated heterocycles. The summed E-state index contributed by atoms with van der Waals surface area (Å²) in [5, 5.41) is 0. The van der Waals surface area contributed by atoms with E-state index in [4.69, 9.17) is 0 Å². The first-order chi connectivity index (χ1) is 11.4. The van der Waals surface area contributed by atoms with Crippen molar-refractivity contribution in [2.24, 2.45) is 0 Å². The Balaban J connectivity index is 1.49. The first-order valence-electron chi connectivity index (χ1n) is 11.0. The van der Waals surface area contributed by atoms with Gasteiger partial charge in [-0.2, -0.15) is 0 Å². The maximum atomic E-state index is 1.70. The summed E-state index contributed by atoms with van der Waals surface area (Å²) in [6.07, 6.45) is 26.1. The highest BCUT2D eigenvalue weighted by Gasteiger charge is 2.57. The predicted molar refractivity (Wildman–Crippen MR) is 106 cm³/mol. The van der Waals surface area contributed by atoms with Crippen molar-refractivity contribution in [3.8, 4) is 0 Å². The standard InChI is InChI=1S/C21H36P2/c1-2-16-21(15-1,22(17-7-3-8-17)18-9-4-10-18)23(19-11-5-12-19)20-13-6-14-20/h17-20H,1-16H2. The van der Waals surface area contributed by atoms with Gasteiger partial charge in [-0.3, -0.25) is 0 Å². The van der Waals surface area contributed by atoms with Gasteiger partial charge in [-0.1, -0.05) is 54.4 Å². The van der Waals surface area contributed by atoms with E-state index in [1.807, 2.05) is 0 Å². The average molecular weight is 350 g/mol. The van der Waals surface area contributed by atoms with Gasteiger partial charge in [0.15, 0.2) is 0 Å². The lowest BCUT2D eigenvalue weighted by Crippen LogP contribution is -2.43. The van der Waals surface area contributed by atoms with E-state index in [-0.39, 0.29) is 0 Å². The lowest BCUT2D eigenvalue weighted by Gasteiger charge is -2.60. The van der Waals surface area contributed by atoms with Crippen LogP contribution >= 0.6 is 15.8 Å². The fourth-order valence-corrected chi connectivity index (χ4v) is 18.5. The Hall–Kier alpha value is 0.860. The van der Waals surface area contributed by atoms with Gasteiger partial charge in [0.05, 0.1) is 0 Å². The van der Waals surface area contributed by atoms with E-state index in [0.717, 1.165) is 4.90 Å². The first kappa shape index (κ1) is 16.1. The van der Waals surface area contributed by atoms with Crippen molar-refractivity contribution in [3.63, 3.8) is 0 Å². The van der Waals surface area contributed by atoms with E-state index in [1.54, 1.807) is 103 Å². The molecule has 0 bridgehead atoms. The zero-order valence-electron chi connectivity index (χ0n) is 15.0. The van der Waals surface area contributed by atoms with Gasteiger partial charge in [-0.15, -0.1) is 0 Å². The zero-order chi connectivity index (χ0) is 15.3. The fourth-order valence-electron chi connectivity index (χ4n) is 6.21. The molecule has 23 heavy (non-hydrogen) atoms. The molecule has 0 amide bonds. The molecule has 5 fully saturated rings. The molecule has 0 atom stereocenters. The molecular formula is C21H36P2. The third-order valence-electron chi connectivity index (χ3n) is 8.24. The molecule has 2 heteroatoms. The molecule has 0 nitrogen and oxygen atoms in total. The molecule has 5 aliphatic rings. The van der Waals surface area contributed by atoms with Crippen LogP contribution in [0.1, 0.15) is 103 Å². The normalized spacial score (nSPS) is 32.6. The molecule has 0 radical (unpaired) electrons. The Bertz CT molecular complexity index is 350. The smallest absolute Gasteiger partial charge is 0.0116 e. The van der Waals surface area contributed by atoms with Crippen LogP contribution in [0.25, 0.3) is 0 Å². The molecule has 0 aromatic rings. The van der Waals surface area contributed by atoms with Crippen molar-refractivity contribution in [2.75, 3.05) is 0 Å². The molecule has 5 saturated carbocycles. The Morgan fingerprint density at radius 3 is 0.957 bits per heavy atom. The quantitative estimate of drug-likeness (QED) is 0.437. The molecule has 0 N–H and O–H groups in total. The van der Waals surface area contributed by atoms with Crippen LogP contribution in [0.15, 0.2) is 0 Å². The van der Waals surface area contributed by atoms with Gasteiger partial charge < -0.3 is 0 Å². The summed E-state index contributed by atoms with van der Waals surface area (Å²) < 4.78 is 0. The average Bonchev–Trinajstić information content (AvgIpc) is 2.78. The van der Waals surface area contributed by atoms with Gasteiger partial charge in [0, 0.05) is 4.90 Å². The van der Waals surface area contributed by atoms with E-state index in [1.165, 1.54) is 22.6 Å². The van der Waals surface area contributed by atoms with Crippen LogP contribution in [-0.2, 0) is 0 Å². The van der Waals surface area contributed by atoms with Crippen LogP contribution in [0, 0.1) is 0 Å². The minimum Gasteiger partial charge on any atom is -0.0895 e. The Kier molecular flexibility index (Phi) is 4.57. The lowest BCUT2D eigenvalue weighted by molar-refractivity contribution is 0.451. The molecule has 0 aromatic heterocycles. The summed E-state index contributed by atoms with van der Waals surface area (Å²) in [5.41, 5.74) is 4.94. The van der Waals surface area contributed by atoms with Gasteiger partial charge in [0.25, 0.3) is 0 Å². The van der Waals surface area contributed by atoms with Crippen molar-refractivity contribution < 1.29 is 0 Å². The summed E-state index contributed by atoms with van der Waals surface area (Å²) in [4.78, 5) is 0.955. The van der Waals surface area contributed by atoms with Crippen molar-refractivity contribution in [1.82, 2.24) is 0 Å². The van der Waals surface area contributed by atoms with Crippen LogP contribution in [0.4, 0.5) is 0 Å². The van der Waals surface area contributed by atoms with Gasteiger partial charge in [0.2, 0.25) is 0 Å². The van der Waals surface area contributed by atoms with E-state index >= 15 is 0 Å². The van der Waals surface area contributed by atoms with E-state index in [0.29, 0.717) is 15.8 Å². The summed E-state index contributed by atoms with van der Waals surface area (Å²) in [6.45, 7) is 0. The van der Waals surface area contributed by atoms with Crippen molar-refractivity contribution in [2.45, 2.75) is 130 Å². The van der Waals surface area contributed by atoms with Crippen molar-refractivity contribution in [1.29, 1.82) is 0 Å². The summed E-state index contributed by atoms with van der Waals surface area (Å²) in [6, 6.07) is 0. The maximum absolute atomic E-state index is 1.70. The number of hydrogen-bond donors (Lipinski definition) is 0. The van der Waals surface area contributed by atoms with Crippen molar-refractivity contribution in [3.05, 3.63) is 0 Å². The Morgan fingerprint density at radius 1 is 0.435 bits per heavy atom. The van der Waals surface area contributed by atoms with Crippen LogP contribution < -0.4 is 0 Å². The number of rotatable bonds is 6. The zero-order valence-corrected chi connectivity index (χ0v) is 16.8. The van der Waals surface area contributed by atoms with Crippen LogP contribution in [-0.4, -0.2) is 27.5 Å². The van der Waals surface area contributed by atoms with Gasteiger partial charge in [-0.05, 0) is 86.8 Å². The van der Waals surface area contributed by atoms with Crippen molar-refractivity contribution >= 4 is 15.8 Å². The van der Waals surface area contributed by atoms with E-state index < -0.39 is 0 Å². The maximum Gasteiger partial charge on any atom is 0.0116 e. The molecule has 0 aliphatic heterocycles. The topological polar surface area (TPSA) is 0 Å². The second-order valence-corrected chi connectivity index (χ2v) is 16.0. The predicted octanol–water partition coefficient (Wildman–Crippen LogP) is 7.43. The molecule has 0 heterocycles. The highest BCUT2D eigenvalue weighted by Crippen LogP contribution is 2.84. The minimum absolute atomic E-state index is 0.386. The monoisotopic (exact) mass is 350 g/mol. The van der Waals surface area contributed by atoms with E-state index in [9.17, 15) is 0 Å². The third-order valence-corrected chi connectivity index (χ3v) is 17.7. The highest BCUT2D eigenvalue weighted by atomic mass is 31.2. The fraction of sp³-hybridized carbons (Fsp3) is 1.00. The largest absolute Gasteiger partial charge is 0.0895 e. The summed E-state index contributed by atoms with van der Waals surface area (Å²) in [7, 11) is 0.772. The molecule has 0 unspecified atom stereocenters. The lowest BCUT2D eigenvalue weighted by atomic mass is 9.98. The van der Waals surface area contributed by atoms with Gasteiger partial charge in [0.1, 0.15) is 0 Å². The SMILES string of the molecule is C1CC(P(C2CCC2)C2(P(C3CCC3)C3CCC3)CCCC2)C1. The molecule has 130 valence electrons. The van der Waals surface area contributed by atoms with Crippen LogP contribution in [0.3, 0.4) is 0 Å². The third kappa shape index (κ3) is 2.60. The van der Waals surface area contributed by atoms with Gasteiger partial charge >= 0.3 is 0 Å². The van der Waals surface area contributed by atoms with Gasteiger partial charge in [-0.25, -0.2) is 0 Å². The van der Waals surface area contributed by atoms with Crippen LogP contribution in [0.2, 0.25) is 0 Å².